The van der Waals surface area contributed by atoms with Crippen LogP contribution in [0.15, 0.2) is 24.3 Å². The summed E-state index contributed by atoms with van der Waals surface area (Å²) in [6, 6.07) is 6.89. The third-order valence-electron chi connectivity index (χ3n) is 2.71. The number of methoxy groups -OCH3 is 1. The van der Waals surface area contributed by atoms with E-state index in [1.807, 2.05) is 31.2 Å². The van der Waals surface area contributed by atoms with E-state index in [0.29, 0.717) is 12.3 Å². The van der Waals surface area contributed by atoms with Crippen LogP contribution in [0.1, 0.15) is 17.2 Å². The van der Waals surface area contributed by atoms with Gasteiger partial charge in [0.2, 0.25) is 5.91 Å². The number of carbonyl (C=O) groups is 2. The lowest BCUT2D eigenvalue weighted by Crippen LogP contribution is -2.35. The zero-order chi connectivity index (χ0) is 15.0. The number of aryl methyl sites for hydroxylation is 1. The van der Waals surface area contributed by atoms with Crippen molar-refractivity contribution < 1.29 is 14.3 Å². The number of halogens is 1. The van der Waals surface area contributed by atoms with Gasteiger partial charge in [0.1, 0.15) is 6.04 Å². The van der Waals surface area contributed by atoms with Crippen LogP contribution in [0.2, 0.25) is 0 Å². The Morgan fingerprint density at radius 2 is 1.95 bits per heavy atom. The largest absolute Gasteiger partial charge is 0.468 e. The number of benzene rings is 1. The number of amides is 1. The van der Waals surface area contributed by atoms with Crippen LogP contribution in [-0.4, -0.2) is 37.0 Å². The molecule has 118 valence electrons. The maximum absolute atomic E-state index is 11.8. The molecule has 0 saturated heterocycles. The molecule has 1 unspecified atom stereocenters. The van der Waals surface area contributed by atoms with Crippen molar-refractivity contribution in [3.8, 4) is 0 Å². The molecule has 0 aliphatic heterocycles. The summed E-state index contributed by atoms with van der Waals surface area (Å²) in [7, 11) is 1.35. The van der Waals surface area contributed by atoms with Crippen LogP contribution in [0, 0.1) is 6.92 Å². The minimum Gasteiger partial charge on any atom is -0.468 e. The summed E-state index contributed by atoms with van der Waals surface area (Å²) >= 11 is 1.41. The summed E-state index contributed by atoms with van der Waals surface area (Å²) in [5, 5.41) is 2.75. The number of nitrogens with one attached hydrogen (secondary N) is 1. The molecule has 1 aromatic carbocycles. The van der Waals surface area contributed by atoms with Gasteiger partial charge >= 0.3 is 5.97 Å². The molecule has 0 radical (unpaired) electrons. The summed E-state index contributed by atoms with van der Waals surface area (Å²) in [6.45, 7) is 2.45. The van der Waals surface area contributed by atoms with E-state index >= 15 is 0 Å². The lowest BCUT2D eigenvalue weighted by atomic mass is 10.1. The first-order valence-electron chi connectivity index (χ1n) is 6.29. The molecule has 5 nitrogen and oxygen atoms in total. The van der Waals surface area contributed by atoms with Crippen molar-refractivity contribution >= 4 is 36.0 Å². The van der Waals surface area contributed by atoms with Gasteiger partial charge in [0.05, 0.1) is 12.9 Å². The minimum absolute atomic E-state index is 0. The average molecular weight is 333 g/mol. The Morgan fingerprint density at radius 1 is 1.33 bits per heavy atom. The molecule has 0 aromatic heterocycles. The van der Waals surface area contributed by atoms with Gasteiger partial charge in [0, 0.05) is 12.3 Å². The van der Waals surface area contributed by atoms with Crippen molar-refractivity contribution in [3.05, 3.63) is 35.4 Å². The van der Waals surface area contributed by atoms with Gasteiger partial charge in [0.15, 0.2) is 0 Å². The average Bonchev–Trinajstić information content (AvgIpc) is 2.46. The van der Waals surface area contributed by atoms with Gasteiger partial charge in [-0.3, -0.25) is 9.59 Å². The number of hydrogen-bond donors (Lipinski definition) is 2. The Balaban J connectivity index is 0.00000400. The van der Waals surface area contributed by atoms with Gasteiger partial charge in [-0.05, 0) is 12.5 Å². The number of thioether (sulfide) groups is 1. The van der Waals surface area contributed by atoms with Crippen LogP contribution in [-0.2, 0) is 14.3 Å². The standard InChI is InChI=1S/C14H20N2O3S.ClH/c1-10-3-5-11(6-4-10)13(15)14(18)16-7-8-20-9-12(17)19-2;/h3-6,13H,7-9,15H2,1-2H3,(H,16,18);1H. The molecule has 3 N–H and O–H groups in total. The Hall–Kier alpha value is -1.24. The minimum atomic E-state index is -0.666. The first kappa shape index (κ1) is 19.8. The van der Waals surface area contributed by atoms with Gasteiger partial charge in [-0.1, -0.05) is 29.8 Å². The molecular formula is C14H21ClN2O3S. The van der Waals surface area contributed by atoms with Gasteiger partial charge in [0.25, 0.3) is 0 Å². The lowest BCUT2D eigenvalue weighted by Gasteiger charge is -2.12. The second kappa shape index (κ2) is 10.5. The van der Waals surface area contributed by atoms with E-state index in [4.69, 9.17) is 5.73 Å². The normalized spacial score (nSPS) is 11.2. The van der Waals surface area contributed by atoms with Crippen molar-refractivity contribution in [2.75, 3.05) is 25.2 Å². The summed E-state index contributed by atoms with van der Waals surface area (Å²) in [5.41, 5.74) is 7.79. The lowest BCUT2D eigenvalue weighted by molar-refractivity contribution is -0.137. The molecule has 0 aliphatic rings. The first-order valence-corrected chi connectivity index (χ1v) is 7.44. The van der Waals surface area contributed by atoms with Crippen molar-refractivity contribution in [2.45, 2.75) is 13.0 Å². The molecule has 1 rings (SSSR count). The number of rotatable bonds is 7. The summed E-state index contributed by atoms with van der Waals surface area (Å²) in [4.78, 5) is 22.7. The molecule has 0 heterocycles. The maximum Gasteiger partial charge on any atom is 0.315 e. The monoisotopic (exact) mass is 332 g/mol. The fourth-order valence-electron chi connectivity index (χ4n) is 1.50. The molecule has 0 fully saturated rings. The Bertz CT molecular complexity index is 454. The molecule has 1 aromatic rings. The van der Waals surface area contributed by atoms with Gasteiger partial charge in [-0.2, -0.15) is 0 Å². The van der Waals surface area contributed by atoms with Crippen LogP contribution < -0.4 is 11.1 Å². The van der Waals surface area contributed by atoms with Crippen molar-refractivity contribution in [1.29, 1.82) is 0 Å². The van der Waals surface area contributed by atoms with E-state index in [1.54, 1.807) is 0 Å². The van der Waals surface area contributed by atoms with E-state index in [0.717, 1.165) is 11.1 Å². The third kappa shape index (κ3) is 7.36. The van der Waals surface area contributed by atoms with Crippen LogP contribution in [0.5, 0.6) is 0 Å². The molecule has 0 bridgehead atoms. The number of esters is 1. The Morgan fingerprint density at radius 3 is 2.52 bits per heavy atom. The number of hydrogen-bond acceptors (Lipinski definition) is 5. The van der Waals surface area contributed by atoms with E-state index in [-0.39, 0.29) is 30.0 Å². The maximum atomic E-state index is 11.8. The first-order chi connectivity index (χ1) is 9.54. The molecular weight excluding hydrogens is 312 g/mol. The molecule has 0 spiro atoms. The van der Waals surface area contributed by atoms with Crippen molar-refractivity contribution in [2.24, 2.45) is 5.73 Å². The molecule has 1 atom stereocenters. The van der Waals surface area contributed by atoms with Gasteiger partial charge in [-0.15, -0.1) is 24.2 Å². The highest BCUT2D eigenvalue weighted by atomic mass is 35.5. The summed E-state index contributed by atoms with van der Waals surface area (Å²) in [6.07, 6.45) is 0. The highest BCUT2D eigenvalue weighted by Crippen LogP contribution is 2.11. The zero-order valence-electron chi connectivity index (χ0n) is 12.1. The predicted octanol–water partition coefficient (Wildman–Crippen LogP) is 1.44. The second-order valence-corrected chi connectivity index (χ2v) is 5.41. The Labute approximate surface area is 135 Å². The van der Waals surface area contributed by atoms with E-state index in [9.17, 15) is 9.59 Å². The van der Waals surface area contributed by atoms with Crippen molar-refractivity contribution in [3.63, 3.8) is 0 Å². The number of ether oxygens (including phenoxy) is 1. The molecule has 7 heteroatoms. The SMILES string of the molecule is COC(=O)CSCCNC(=O)C(N)c1ccc(C)cc1.Cl. The predicted molar refractivity (Wildman–Crippen MR) is 87.7 cm³/mol. The smallest absolute Gasteiger partial charge is 0.315 e. The highest BCUT2D eigenvalue weighted by Gasteiger charge is 2.14. The van der Waals surface area contributed by atoms with Gasteiger partial charge < -0.3 is 15.8 Å². The Kier molecular flexibility index (Phi) is 9.86. The fourth-order valence-corrected chi connectivity index (χ4v) is 2.17. The fraction of sp³-hybridized carbons (Fsp3) is 0.429. The second-order valence-electron chi connectivity index (χ2n) is 4.31. The molecule has 0 saturated carbocycles. The summed E-state index contributed by atoms with van der Waals surface area (Å²) in [5.74, 6) is 0.447. The third-order valence-corrected chi connectivity index (χ3v) is 3.64. The number of carbonyl (C=O) groups excluding carboxylic acids is 2. The van der Waals surface area contributed by atoms with E-state index < -0.39 is 6.04 Å². The van der Waals surface area contributed by atoms with E-state index in [1.165, 1.54) is 18.9 Å². The quantitative estimate of drug-likeness (QED) is 0.583. The van der Waals surface area contributed by atoms with Crippen molar-refractivity contribution in [1.82, 2.24) is 5.32 Å². The molecule has 1 amide bonds. The molecule has 0 aliphatic carbocycles. The van der Waals surface area contributed by atoms with Crippen LogP contribution >= 0.6 is 24.2 Å². The van der Waals surface area contributed by atoms with Crippen LogP contribution in [0.3, 0.4) is 0 Å². The summed E-state index contributed by atoms with van der Waals surface area (Å²) < 4.78 is 4.52. The topological polar surface area (TPSA) is 81.4 Å². The highest BCUT2D eigenvalue weighted by molar-refractivity contribution is 7.99. The molecule has 21 heavy (non-hydrogen) atoms. The van der Waals surface area contributed by atoms with Crippen LogP contribution in [0.4, 0.5) is 0 Å². The zero-order valence-corrected chi connectivity index (χ0v) is 13.8. The number of nitrogens with two attached hydrogens (primary N) is 1. The van der Waals surface area contributed by atoms with E-state index in [2.05, 4.69) is 10.1 Å². The van der Waals surface area contributed by atoms with Gasteiger partial charge in [-0.25, -0.2) is 0 Å². The van der Waals surface area contributed by atoms with Crippen LogP contribution in [0.25, 0.3) is 0 Å².